The van der Waals surface area contributed by atoms with Crippen molar-refractivity contribution < 1.29 is 23.5 Å². The van der Waals surface area contributed by atoms with E-state index in [0.717, 1.165) is 12.1 Å². The lowest BCUT2D eigenvalue weighted by atomic mass is 10.3. The number of carbonyl (C=O) groups excluding carboxylic acids is 2. The predicted octanol–water partition coefficient (Wildman–Crippen LogP) is 0.496. The Kier molecular flexibility index (Phi) is 3.75. The van der Waals surface area contributed by atoms with Gasteiger partial charge in [0.2, 0.25) is 0 Å². The van der Waals surface area contributed by atoms with Crippen molar-refractivity contribution in [1.82, 2.24) is 4.90 Å². The summed E-state index contributed by atoms with van der Waals surface area (Å²) < 4.78 is 25.8. The average molecular weight is 270 g/mol. The number of nitrogens with one attached hydrogen (secondary N) is 1. The molecule has 0 radical (unpaired) electrons. The first-order valence-corrected chi connectivity index (χ1v) is 5.70. The third-order valence-electron chi connectivity index (χ3n) is 2.77. The third-order valence-corrected chi connectivity index (χ3v) is 2.77. The summed E-state index contributed by atoms with van der Waals surface area (Å²) in [4.78, 5) is 24.5. The van der Waals surface area contributed by atoms with Crippen LogP contribution in [0, 0.1) is 11.6 Å². The summed E-state index contributed by atoms with van der Waals surface area (Å²) in [7, 11) is 0. The van der Waals surface area contributed by atoms with Crippen LogP contribution in [0.3, 0.4) is 0 Å². The summed E-state index contributed by atoms with van der Waals surface area (Å²) >= 11 is 0. The summed E-state index contributed by atoms with van der Waals surface area (Å²) in [5, 5.41) is 11.4. The Hall–Kier alpha value is -2.02. The van der Waals surface area contributed by atoms with Gasteiger partial charge in [0.05, 0.1) is 6.10 Å². The van der Waals surface area contributed by atoms with Crippen LogP contribution in [0.2, 0.25) is 0 Å². The van der Waals surface area contributed by atoms with Crippen molar-refractivity contribution in [1.29, 1.82) is 0 Å². The first-order chi connectivity index (χ1) is 8.95. The molecule has 1 saturated heterocycles. The van der Waals surface area contributed by atoms with Gasteiger partial charge in [-0.15, -0.1) is 0 Å². The van der Waals surface area contributed by atoms with Gasteiger partial charge in [-0.25, -0.2) is 8.78 Å². The van der Waals surface area contributed by atoms with Crippen molar-refractivity contribution in [3.63, 3.8) is 0 Å². The summed E-state index contributed by atoms with van der Waals surface area (Å²) in [5.74, 6) is -3.51. The topological polar surface area (TPSA) is 69.6 Å². The summed E-state index contributed by atoms with van der Waals surface area (Å²) in [6.45, 7) is 0.370. The van der Waals surface area contributed by atoms with E-state index in [2.05, 4.69) is 5.32 Å². The van der Waals surface area contributed by atoms with E-state index in [4.69, 9.17) is 0 Å². The Balaban J connectivity index is 2.02. The molecule has 0 saturated carbocycles. The van der Waals surface area contributed by atoms with Crippen LogP contribution < -0.4 is 5.32 Å². The molecular weight excluding hydrogens is 258 g/mol. The maximum absolute atomic E-state index is 12.9. The fourth-order valence-corrected chi connectivity index (χ4v) is 1.88. The molecule has 5 nitrogen and oxygen atoms in total. The third kappa shape index (κ3) is 3.25. The van der Waals surface area contributed by atoms with Crippen molar-refractivity contribution in [2.75, 3.05) is 18.4 Å². The highest BCUT2D eigenvalue weighted by molar-refractivity contribution is 6.39. The van der Waals surface area contributed by atoms with E-state index < -0.39 is 29.6 Å². The van der Waals surface area contributed by atoms with Crippen molar-refractivity contribution in [2.45, 2.75) is 12.5 Å². The van der Waals surface area contributed by atoms with Crippen molar-refractivity contribution in [2.24, 2.45) is 0 Å². The molecular formula is C12H12F2N2O3. The number of anilines is 1. The summed E-state index contributed by atoms with van der Waals surface area (Å²) in [5.41, 5.74) is -0.129. The number of amides is 2. The second kappa shape index (κ2) is 5.31. The number of rotatable bonds is 1. The SMILES string of the molecule is O=C(Nc1cc(F)cc(F)c1)C(=O)N1CC[C@@H](O)C1. The van der Waals surface area contributed by atoms with Crippen molar-refractivity contribution in [3.05, 3.63) is 29.8 Å². The fraction of sp³-hybridized carbons (Fsp3) is 0.333. The fourth-order valence-electron chi connectivity index (χ4n) is 1.88. The minimum atomic E-state index is -0.987. The van der Waals surface area contributed by atoms with E-state index in [-0.39, 0.29) is 18.8 Å². The Bertz CT molecular complexity index is 501. The molecule has 1 aliphatic heterocycles. The van der Waals surface area contributed by atoms with Crippen LogP contribution in [0.25, 0.3) is 0 Å². The van der Waals surface area contributed by atoms with E-state index in [9.17, 15) is 23.5 Å². The van der Waals surface area contributed by atoms with Gasteiger partial charge in [0.15, 0.2) is 0 Å². The molecule has 2 N–H and O–H groups in total. The molecule has 19 heavy (non-hydrogen) atoms. The van der Waals surface area contributed by atoms with Crippen molar-refractivity contribution in [3.8, 4) is 0 Å². The van der Waals surface area contributed by atoms with E-state index >= 15 is 0 Å². The Morgan fingerprint density at radius 3 is 2.42 bits per heavy atom. The Morgan fingerprint density at radius 2 is 1.89 bits per heavy atom. The largest absolute Gasteiger partial charge is 0.391 e. The number of aliphatic hydroxyl groups excluding tert-OH is 1. The Morgan fingerprint density at radius 1 is 1.26 bits per heavy atom. The van der Waals surface area contributed by atoms with Crippen LogP contribution in [-0.2, 0) is 9.59 Å². The lowest BCUT2D eigenvalue weighted by Gasteiger charge is -2.14. The Labute approximate surface area is 107 Å². The maximum Gasteiger partial charge on any atom is 0.313 e. The number of nitrogens with zero attached hydrogens (tertiary/aromatic N) is 1. The van der Waals surface area contributed by atoms with Crippen molar-refractivity contribution >= 4 is 17.5 Å². The van der Waals surface area contributed by atoms with Crippen LogP contribution in [0.5, 0.6) is 0 Å². The number of benzene rings is 1. The van der Waals surface area contributed by atoms with Crippen LogP contribution in [0.15, 0.2) is 18.2 Å². The predicted molar refractivity (Wildman–Crippen MR) is 62.2 cm³/mol. The van der Waals surface area contributed by atoms with Gasteiger partial charge in [-0.3, -0.25) is 9.59 Å². The molecule has 1 fully saturated rings. The molecule has 0 spiro atoms. The number of hydrogen-bond acceptors (Lipinski definition) is 3. The van der Waals surface area contributed by atoms with E-state index in [1.165, 1.54) is 4.90 Å². The zero-order valence-corrected chi connectivity index (χ0v) is 9.90. The second-order valence-electron chi connectivity index (χ2n) is 4.31. The molecule has 0 aromatic heterocycles. The number of likely N-dealkylation sites (tertiary alicyclic amines) is 1. The molecule has 2 amide bonds. The number of aliphatic hydroxyl groups is 1. The zero-order chi connectivity index (χ0) is 14.0. The average Bonchev–Trinajstić information content (AvgIpc) is 2.73. The monoisotopic (exact) mass is 270 g/mol. The summed E-state index contributed by atoms with van der Waals surface area (Å²) in [6.07, 6.45) is -0.225. The number of halogens is 2. The number of β-amino-alcohol motifs (C(OH)–C–C–N with tert-alkyl or cyclic N) is 1. The minimum Gasteiger partial charge on any atom is -0.391 e. The molecule has 1 atom stereocenters. The lowest BCUT2D eigenvalue weighted by Crippen LogP contribution is -2.38. The van der Waals surface area contributed by atoms with E-state index in [1.54, 1.807) is 0 Å². The van der Waals surface area contributed by atoms with Gasteiger partial charge in [-0.2, -0.15) is 0 Å². The molecule has 1 aliphatic rings. The molecule has 0 unspecified atom stereocenters. The highest BCUT2D eigenvalue weighted by Crippen LogP contribution is 2.14. The highest BCUT2D eigenvalue weighted by Gasteiger charge is 2.29. The quantitative estimate of drug-likeness (QED) is 0.730. The number of hydrogen-bond donors (Lipinski definition) is 2. The molecule has 1 aromatic carbocycles. The number of carbonyl (C=O) groups is 2. The van der Waals surface area contributed by atoms with Gasteiger partial charge in [0, 0.05) is 24.8 Å². The summed E-state index contributed by atoms with van der Waals surface area (Å²) in [6, 6.07) is 2.48. The maximum atomic E-state index is 12.9. The molecule has 0 aliphatic carbocycles. The molecule has 7 heteroatoms. The molecule has 1 aromatic rings. The molecule has 1 heterocycles. The van der Waals surface area contributed by atoms with E-state index in [1.807, 2.05) is 0 Å². The first-order valence-electron chi connectivity index (χ1n) is 5.70. The lowest BCUT2D eigenvalue weighted by molar-refractivity contribution is -0.142. The first kappa shape index (κ1) is 13.4. The molecule has 2 rings (SSSR count). The van der Waals surface area contributed by atoms with Crippen LogP contribution >= 0.6 is 0 Å². The van der Waals surface area contributed by atoms with Gasteiger partial charge in [-0.05, 0) is 18.6 Å². The van der Waals surface area contributed by atoms with Gasteiger partial charge >= 0.3 is 11.8 Å². The van der Waals surface area contributed by atoms with Crippen LogP contribution in [0.4, 0.5) is 14.5 Å². The van der Waals surface area contributed by atoms with Crippen LogP contribution in [-0.4, -0.2) is 41.0 Å². The van der Waals surface area contributed by atoms with Gasteiger partial charge < -0.3 is 15.3 Å². The van der Waals surface area contributed by atoms with Gasteiger partial charge in [0.1, 0.15) is 11.6 Å². The highest BCUT2D eigenvalue weighted by atomic mass is 19.1. The standard InChI is InChI=1S/C12H12F2N2O3/c13-7-3-8(14)5-9(4-7)15-11(18)12(19)16-2-1-10(17)6-16/h3-5,10,17H,1-2,6H2,(H,15,18)/t10-/m1/s1. The minimum absolute atomic E-state index is 0.0871. The molecule has 102 valence electrons. The normalized spacial score (nSPS) is 18.5. The van der Waals surface area contributed by atoms with Gasteiger partial charge in [0.25, 0.3) is 0 Å². The smallest absolute Gasteiger partial charge is 0.313 e. The van der Waals surface area contributed by atoms with Crippen LogP contribution in [0.1, 0.15) is 6.42 Å². The second-order valence-corrected chi connectivity index (χ2v) is 4.31. The zero-order valence-electron chi connectivity index (χ0n) is 9.90. The van der Waals surface area contributed by atoms with Gasteiger partial charge in [-0.1, -0.05) is 0 Å². The van der Waals surface area contributed by atoms with E-state index in [0.29, 0.717) is 12.5 Å². The molecule has 0 bridgehead atoms.